The minimum atomic E-state index is -0.101. The molecule has 0 bridgehead atoms. The molecule has 1 aliphatic heterocycles. The lowest BCUT2D eigenvalue weighted by molar-refractivity contribution is -0.148. The van der Waals surface area contributed by atoms with Crippen LogP contribution < -0.4 is 0 Å². The maximum atomic E-state index is 11.7. The smallest absolute Gasteiger partial charge is 0.312 e. The van der Waals surface area contributed by atoms with Gasteiger partial charge in [-0.2, -0.15) is 0 Å². The molecular formula is C10H15IO3. The van der Waals surface area contributed by atoms with Crippen LogP contribution in [-0.2, 0) is 12.6 Å². The van der Waals surface area contributed by atoms with E-state index < -0.39 is 0 Å². The summed E-state index contributed by atoms with van der Waals surface area (Å²) in [4.78, 5) is 11.7. The average Bonchev–Trinajstić information content (AvgIpc) is 2.74. The number of esters is 1. The number of hydrogen-bond acceptors (Lipinski definition) is 3. The Morgan fingerprint density at radius 3 is 2.86 bits per heavy atom. The summed E-state index contributed by atoms with van der Waals surface area (Å²) in [6.07, 6.45) is 6.31. The van der Waals surface area contributed by atoms with E-state index in [2.05, 4.69) is 0 Å². The third-order valence-corrected chi connectivity index (χ3v) is 3.84. The molecule has 0 N–H and O–H groups in total. The fourth-order valence-electron chi connectivity index (χ4n) is 2.63. The molecule has 2 rings (SSSR count). The molecule has 80 valence electrons. The Morgan fingerprint density at radius 1 is 1.50 bits per heavy atom. The first-order valence-corrected chi connectivity index (χ1v) is 6.09. The molecule has 0 radical (unpaired) electrons. The number of rotatable bonds is 3. The summed E-state index contributed by atoms with van der Waals surface area (Å²) in [7, 11) is 0. The molecule has 1 aliphatic carbocycles. The fourth-order valence-corrected chi connectivity index (χ4v) is 2.89. The highest BCUT2D eigenvalue weighted by Crippen LogP contribution is 2.48. The van der Waals surface area contributed by atoms with E-state index in [0.717, 1.165) is 25.7 Å². The Kier molecular flexibility index (Phi) is 3.31. The van der Waals surface area contributed by atoms with Crippen LogP contribution in [0.2, 0.25) is 0 Å². The summed E-state index contributed by atoms with van der Waals surface area (Å²) >= 11 is 1.88. The lowest BCUT2D eigenvalue weighted by Crippen LogP contribution is -2.21. The van der Waals surface area contributed by atoms with E-state index in [9.17, 15) is 4.79 Å². The van der Waals surface area contributed by atoms with Gasteiger partial charge in [0.2, 0.25) is 0 Å². The maximum Gasteiger partial charge on any atom is 0.312 e. The molecule has 2 aliphatic rings. The van der Waals surface area contributed by atoms with Crippen molar-refractivity contribution in [2.75, 3.05) is 6.61 Å². The summed E-state index contributed by atoms with van der Waals surface area (Å²) in [6.45, 7) is 0.675. The van der Waals surface area contributed by atoms with E-state index in [-0.39, 0.29) is 17.5 Å². The van der Waals surface area contributed by atoms with Crippen molar-refractivity contribution < 1.29 is 12.6 Å². The van der Waals surface area contributed by atoms with Crippen molar-refractivity contribution in [1.82, 2.24) is 0 Å². The van der Waals surface area contributed by atoms with Crippen LogP contribution in [-0.4, -0.2) is 18.7 Å². The molecule has 1 saturated carbocycles. The topological polar surface area (TPSA) is 35.5 Å². The predicted molar refractivity (Wildman–Crippen MR) is 60.0 cm³/mol. The van der Waals surface area contributed by atoms with Crippen molar-refractivity contribution in [3.63, 3.8) is 0 Å². The largest absolute Gasteiger partial charge is 0.462 e. The first kappa shape index (κ1) is 10.7. The van der Waals surface area contributed by atoms with E-state index in [0.29, 0.717) is 6.61 Å². The Labute approximate surface area is 98.2 Å². The van der Waals surface area contributed by atoms with Crippen molar-refractivity contribution >= 4 is 29.0 Å². The summed E-state index contributed by atoms with van der Waals surface area (Å²) in [6, 6.07) is 0. The van der Waals surface area contributed by atoms with Crippen LogP contribution in [0, 0.1) is 5.41 Å². The van der Waals surface area contributed by atoms with Crippen LogP contribution in [0.5, 0.6) is 0 Å². The van der Waals surface area contributed by atoms with Gasteiger partial charge in [0.05, 0.1) is 12.0 Å². The number of halogens is 1. The third kappa shape index (κ3) is 1.91. The first-order valence-electron chi connectivity index (χ1n) is 5.21. The molecule has 3 nitrogen and oxygen atoms in total. The van der Waals surface area contributed by atoms with E-state index in [1.165, 1.54) is 12.8 Å². The van der Waals surface area contributed by atoms with Gasteiger partial charge in [-0.05, 0) is 12.8 Å². The molecule has 1 spiro atoms. The van der Waals surface area contributed by atoms with Gasteiger partial charge < -0.3 is 7.80 Å². The van der Waals surface area contributed by atoms with Crippen LogP contribution in [0.1, 0.15) is 38.5 Å². The summed E-state index contributed by atoms with van der Waals surface area (Å²) in [5.74, 6) is 0.0495. The molecule has 1 heterocycles. The maximum absolute atomic E-state index is 11.7. The minimum Gasteiger partial charge on any atom is -0.462 e. The summed E-state index contributed by atoms with van der Waals surface area (Å²) in [5, 5.41) is 0. The van der Waals surface area contributed by atoms with Gasteiger partial charge in [0.25, 0.3) is 0 Å². The average molecular weight is 310 g/mol. The highest BCUT2D eigenvalue weighted by molar-refractivity contribution is 14.1. The van der Waals surface area contributed by atoms with Crippen molar-refractivity contribution in [2.45, 2.75) is 44.6 Å². The Morgan fingerprint density at radius 2 is 2.21 bits per heavy atom. The number of carbonyl (C=O) groups is 1. The van der Waals surface area contributed by atoms with Crippen molar-refractivity contribution in [1.29, 1.82) is 0 Å². The van der Waals surface area contributed by atoms with E-state index in [1.807, 2.05) is 23.0 Å². The molecule has 14 heavy (non-hydrogen) atoms. The Hall–Kier alpha value is 0.160. The standard InChI is InChI=1S/C10H15IO3/c11-13-6-3-8-7-10(9(12)14-8)4-1-2-5-10/h8H,1-7H2. The zero-order chi connectivity index (χ0) is 10.0. The van der Waals surface area contributed by atoms with Gasteiger partial charge in [-0.15, -0.1) is 0 Å². The number of ether oxygens (including phenoxy) is 1. The first-order chi connectivity index (χ1) is 6.77. The number of hydrogen-bond donors (Lipinski definition) is 0. The fraction of sp³-hybridized carbons (Fsp3) is 0.900. The second kappa shape index (κ2) is 4.35. The Balaban J connectivity index is 1.93. The summed E-state index contributed by atoms with van der Waals surface area (Å²) in [5.41, 5.74) is -0.101. The van der Waals surface area contributed by atoms with Crippen LogP contribution in [0.3, 0.4) is 0 Å². The number of carbonyl (C=O) groups excluding carboxylic acids is 1. The van der Waals surface area contributed by atoms with Gasteiger partial charge >= 0.3 is 5.97 Å². The van der Waals surface area contributed by atoms with Crippen LogP contribution in [0.15, 0.2) is 0 Å². The normalized spacial score (nSPS) is 29.8. The SMILES string of the molecule is O=C1OC(CCOI)CC12CCCC2. The van der Waals surface area contributed by atoms with Crippen LogP contribution >= 0.6 is 23.0 Å². The zero-order valence-corrected chi connectivity index (χ0v) is 10.3. The quantitative estimate of drug-likeness (QED) is 0.594. The second-order valence-electron chi connectivity index (χ2n) is 4.32. The minimum absolute atomic E-state index is 0.0495. The highest BCUT2D eigenvalue weighted by atomic mass is 127. The van der Waals surface area contributed by atoms with Crippen molar-refractivity contribution in [3.8, 4) is 0 Å². The van der Waals surface area contributed by atoms with E-state index in [1.54, 1.807) is 0 Å². The van der Waals surface area contributed by atoms with Gasteiger partial charge in [0.1, 0.15) is 29.1 Å². The molecule has 0 aromatic rings. The molecule has 4 heteroatoms. The number of cyclic esters (lactones) is 1. The van der Waals surface area contributed by atoms with Gasteiger partial charge in [-0.3, -0.25) is 4.79 Å². The zero-order valence-electron chi connectivity index (χ0n) is 8.13. The highest BCUT2D eigenvalue weighted by Gasteiger charge is 2.49. The monoisotopic (exact) mass is 310 g/mol. The molecule has 0 amide bonds. The molecule has 1 unspecified atom stereocenters. The molecule has 1 atom stereocenters. The van der Waals surface area contributed by atoms with Gasteiger partial charge in [0, 0.05) is 12.8 Å². The second-order valence-corrected chi connectivity index (χ2v) is 4.94. The molecule has 1 saturated heterocycles. The lowest BCUT2D eigenvalue weighted by Gasteiger charge is -2.15. The van der Waals surface area contributed by atoms with Crippen LogP contribution in [0.25, 0.3) is 0 Å². The molecule has 2 fully saturated rings. The van der Waals surface area contributed by atoms with Gasteiger partial charge in [-0.25, -0.2) is 0 Å². The van der Waals surface area contributed by atoms with E-state index in [4.69, 9.17) is 7.80 Å². The summed E-state index contributed by atoms with van der Waals surface area (Å²) < 4.78 is 10.3. The molecular weight excluding hydrogens is 295 g/mol. The van der Waals surface area contributed by atoms with Gasteiger partial charge in [-0.1, -0.05) is 12.8 Å². The van der Waals surface area contributed by atoms with Crippen molar-refractivity contribution in [3.05, 3.63) is 0 Å². The molecule has 0 aromatic carbocycles. The van der Waals surface area contributed by atoms with Crippen molar-refractivity contribution in [2.24, 2.45) is 5.41 Å². The third-order valence-electron chi connectivity index (χ3n) is 3.40. The predicted octanol–water partition coefficient (Wildman–Crippen LogP) is 2.62. The molecule has 0 aromatic heterocycles. The van der Waals surface area contributed by atoms with E-state index >= 15 is 0 Å². The van der Waals surface area contributed by atoms with Gasteiger partial charge in [0.15, 0.2) is 0 Å². The van der Waals surface area contributed by atoms with Crippen LogP contribution in [0.4, 0.5) is 0 Å². The lowest BCUT2D eigenvalue weighted by atomic mass is 9.83. The Bertz CT molecular complexity index is 223.